The molecule has 1 heterocycles. The Morgan fingerprint density at radius 1 is 1.33 bits per heavy atom. The summed E-state index contributed by atoms with van der Waals surface area (Å²) in [6, 6.07) is 11.6. The zero-order valence-corrected chi connectivity index (χ0v) is 12.5. The first-order chi connectivity index (χ1) is 10.2. The monoisotopic (exact) mass is 304 g/mol. The van der Waals surface area contributed by atoms with E-state index >= 15 is 0 Å². The van der Waals surface area contributed by atoms with Crippen molar-refractivity contribution in [3.8, 4) is 22.6 Å². The molecule has 3 N–H and O–H groups in total. The second-order valence-corrected chi connectivity index (χ2v) is 5.35. The van der Waals surface area contributed by atoms with Gasteiger partial charge in [-0.25, -0.2) is 0 Å². The lowest BCUT2D eigenvalue weighted by Crippen LogP contribution is -2.37. The molecule has 0 aliphatic carbocycles. The summed E-state index contributed by atoms with van der Waals surface area (Å²) in [4.78, 5) is 0. The van der Waals surface area contributed by atoms with Gasteiger partial charge in [-0.2, -0.15) is 0 Å². The first-order valence-electron chi connectivity index (χ1n) is 6.79. The number of nitrogens with two attached hydrogens (primary N) is 1. The molecule has 0 amide bonds. The third kappa shape index (κ3) is 2.64. The molecule has 0 bridgehead atoms. The molecule has 0 radical (unpaired) electrons. The van der Waals surface area contributed by atoms with Crippen LogP contribution in [-0.4, -0.2) is 26.3 Å². The second kappa shape index (κ2) is 5.84. The molecule has 0 fully saturated rings. The zero-order valence-electron chi connectivity index (χ0n) is 11.7. The Hall–Kier alpha value is -1.91. The van der Waals surface area contributed by atoms with Gasteiger partial charge in [0.1, 0.15) is 18.1 Å². The molecule has 21 heavy (non-hydrogen) atoms. The van der Waals surface area contributed by atoms with Crippen molar-refractivity contribution in [2.24, 2.45) is 5.73 Å². The van der Waals surface area contributed by atoms with Gasteiger partial charge in [-0.15, -0.1) is 0 Å². The third-order valence-electron chi connectivity index (χ3n) is 3.54. The number of anilines is 1. The first-order valence-corrected chi connectivity index (χ1v) is 7.17. The van der Waals surface area contributed by atoms with Crippen LogP contribution in [0.2, 0.25) is 5.02 Å². The highest BCUT2D eigenvalue weighted by molar-refractivity contribution is 6.31. The van der Waals surface area contributed by atoms with Gasteiger partial charge in [-0.1, -0.05) is 29.8 Å². The summed E-state index contributed by atoms with van der Waals surface area (Å²) in [6.45, 7) is 1.04. The van der Waals surface area contributed by atoms with E-state index in [1.54, 1.807) is 7.11 Å². The minimum Gasteiger partial charge on any atom is -0.496 e. The number of ether oxygens (including phenoxy) is 2. The molecule has 1 aliphatic heterocycles. The predicted molar refractivity (Wildman–Crippen MR) is 85.4 cm³/mol. The Balaban J connectivity index is 2.16. The van der Waals surface area contributed by atoms with E-state index in [0.717, 1.165) is 28.3 Å². The van der Waals surface area contributed by atoms with Gasteiger partial charge < -0.3 is 20.5 Å². The number of benzene rings is 2. The number of para-hydroxylation sites is 1. The molecule has 0 saturated carbocycles. The summed E-state index contributed by atoms with van der Waals surface area (Å²) in [6.07, 6.45) is 0. The number of hydrogen-bond donors (Lipinski definition) is 2. The smallest absolute Gasteiger partial charge is 0.144 e. The van der Waals surface area contributed by atoms with Crippen LogP contribution in [0, 0.1) is 0 Å². The van der Waals surface area contributed by atoms with Gasteiger partial charge in [0.05, 0.1) is 18.8 Å². The molecular weight excluding hydrogens is 288 g/mol. The molecule has 0 saturated heterocycles. The summed E-state index contributed by atoms with van der Waals surface area (Å²) in [5.41, 5.74) is 8.57. The van der Waals surface area contributed by atoms with Crippen molar-refractivity contribution < 1.29 is 9.47 Å². The number of fused-ring (bicyclic) bond motifs is 1. The summed E-state index contributed by atoms with van der Waals surface area (Å²) in [7, 11) is 1.66. The third-order valence-corrected chi connectivity index (χ3v) is 3.76. The van der Waals surface area contributed by atoms with Crippen molar-refractivity contribution in [2.75, 3.05) is 25.6 Å². The maximum atomic E-state index is 6.22. The lowest BCUT2D eigenvalue weighted by Gasteiger charge is -2.29. The van der Waals surface area contributed by atoms with Gasteiger partial charge in [0.25, 0.3) is 0 Å². The summed E-state index contributed by atoms with van der Waals surface area (Å²) >= 11 is 6.22. The molecule has 2 aromatic carbocycles. The van der Waals surface area contributed by atoms with Crippen LogP contribution in [0.5, 0.6) is 11.5 Å². The van der Waals surface area contributed by atoms with E-state index in [0.29, 0.717) is 18.2 Å². The van der Waals surface area contributed by atoms with Crippen LogP contribution in [-0.2, 0) is 0 Å². The molecule has 1 aliphatic rings. The molecule has 0 aromatic heterocycles. The fourth-order valence-corrected chi connectivity index (χ4v) is 2.70. The zero-order chi connectivity index (χ0) is 14.8. The molecule has 0 spiro atoms. The van der Waals surface area contributed by atoms with Crippen LogP contribution < -0.4 is 20.5 Å². The number of methoxy groups -OCH3 is 1. The molecule has 0 unspecified atom stereocenters. The van der Waals surface area contributed by atoms with E-state index in [9.17, 15) is 0 Å². The van der Waals surface area contributed by atoms with Gasteiger partial charge in [-0.05, 0) is 12.1 Å². The van der Waals surface area contributed by atoms with E-state index in [1.165, 1.54) is 0 Å². The van der Waals surface area contributed by atoms with Gasteiger partial charge in [0, 0.05) is 28.8 Å². The lowest BCUT2D eigenvalue weighted by molar-refractivity contribution is 0.287. The van der Waals surface area contributed by atoms with Crippen LogP contribution in [0.4, 0.5) is 5.69 Å². The van der Waals surface area contributed by atoms with Gasteiger partial charge in [-0.3, -0.25) is 0 Å². The van der Waals surface area contributed by atoms with Crippen molar-refractivity contribution >= 4 is 17.3 Å². The van der Waals surface area contributed by atoms with Crippen molar-refractivity contribution in [2.45, 2.75) is 6.04 Å². The Morgan fingerprint density at radius 2 is 2.14 bits per heavy atom. The Labute approximate surface area is 128 Å². The average molecular weight is 305 g/mol. The number of nitrogens with one attached hydrogen (secondary N) is 1. The van der Waals surface area contributed by atoms with Gasteiger partial charge in [0.15, 0.2) is 0 Å². The lowest BCUT2D eigenvalue weighted by atomic mass is 10.0. The van der Waals surface area contributed by atoms with Crippen LogP contribution in [0.3, 0.4) is 0 Å². The number of halogens is 1. The van der Waals surface area contributed by atoms with Crippen LogP contribution in [0.25, 0.3) is 11.1 Å². The summed E-state index contributed by atoms with van der Waals surface area (Å²) < 4.78 is 11.2. The van der Waals surface area contributed by atoms with Crippen molar-refractivity contribution in [3.63, 3.8) is 0 Å². The number of hydrogen-bond acceptors (Lipinski definition) is 4. The number of rotatable bonds is 3. The Kier molecular flexibility index (Phi) is 3.90. The van der Waals surface area contributed by atoms with Crippen LogP contribution in [0.15, 0.2) is 36.4 Å². The van der Waals surface area contributed by atoms with E-state index < -0.39 is 0 Å². The summed E-state index contributed by atoms with van der Waals surface area (Å²) in [5, 5.41) is 4.06. The summed E-state index contributed by atoms with van der Waals surface area (Å²) in [5.74, 6) is 1.53. The Morgan fingerprint density at radius 3 is 2.90 bits per heavy atom. The van der Waals surface area contributed by atoms with Crippen molar-refractivity contribution in [1.82, 2.24) is 0 Å². The topological polar surface area (TPSA) is 56.5 Å². The normalized spacial score (nSPS) is 16.6. The van der Waals surface area contributed by atoms with Gasteiger partial charge >= 0.3 is 0 Å². The van der Waals surface area contributed by atoms with E-state index in [1.807, 2.05) is 36.4 Å². The van der Waals surface area contributed by atoms with Crippen molar-refractivity contribution in [3.05, 3.63) is 41.4 Å². The molecule has 1 atom stereocenters. The molecule has 3 rings (SSSR count). The predicted octanol–water partition coefficient (Wildman–Crippen LogP) is 3.15. The standard InChI is InChI=1S/C16H17ClN2O2/c1-20-14-5-3-2-4-12(14)13-6-10(17)7-15-16(13)19-11(8-18)9-21-15/h2-7,11,19H,8-9,18H2,1H3/t11-/m0/s1. The molecule has 2 aromatic rings. The van der Waals surface area contributed by atoms with E-state index in [4.69, 9.17) is 26.8 Å². The molecule has 110 valence electrons. The quantitative estimate of drug-likeness (QED) is 0.914. The molecule has 4 nitrogen and oxygen atoms in total. The highest BCUT2D eigenvalue weighted by Crippen LogP contribution is 2.43. The highest BCUT2D eigenvalue weighted by Gasteiger charge is 2.23. The van der Waals surface area contributed by atoms with E-state index in [-0.39, 0.29) is 6.04 Å². The minimum absolute atomic E-state index is 0.0899. The molecule has 5 heteroatoms. The maximum Gasteiger partial charge on any atom is 0.144 e. The first kappa shape index (κ1) is 14.0. The Bertz CT molecular complexity index is 661. The molecular formula is C16H17ClN2O2. The highest BCUT2D eigenvalue weighted by atomic mass is 35.5. The second-order valence-electron chi connectivity index (χ2n) is 4.91. The van der Waals surface area contributed by atoms with E-state index in [2.05, 4.69) is 5.32 Å². The fourth-order valence-electron chi connectivity index (χ4n) is 2.49. The SMILES string of the molecule is COc1ccccc1-c1cc(Cl)cc2c1N[C@@H](CN)CO2. The van der Waals surface area contributed by atoms with Gasteiger partial charge in [0.2, 0.25) is 0 Å². The maximum absolute atomic E-state index is 6.22. The largest absolute Gasteiger partial charge is 0.496 e. The van der Waals surface area contributed by atoms with Crippen LogP contribution >= 0.6 is 11.6 Å². The minimum atomic E-state index is 0.0899. The average Bonchev–Trinajstić information content (AvgIpc) is 2.53. The van der Waals surface area contributed by atoms with Crippen molar-refractivity contribution in [1.29, 1.82) is 0 Å². The fraction of sp³-hybridized carbons (Fsp3) is 0.250. The van der Waals surface area contributed by atoms with Crippen LogP contribution in [0.1, 0.15) is 0 Å².